The summed E-state index contributed by atoms with van der Waals surface area (Å²) >= 11 is 0. The topological polar surface area (TPSA) is 67.4 Å². The lowest BCUT2D eigenvalue weighted by atomic mass is 9.94. The van der Waals surface area contributed by atoms with Crippen molar-refractivity contribution < 1.29 is 13.2 Å². The first-order chi connectivity index (χ1) is 7.58. The molecular formula is C11H24N2O3S. The van der Waals surface area contributed by atoms with Crippen LogP contribution in [0.25, 0.3) is 0 Å². The van der Waals surface area contributed by atoms with Gasteiger partial charge in [0.05, 0.1) is 17.0 Å². The van der Waals surface area contributed by atoms with E-state index < -0.39 is 10.0 Å². The van der Waals surface area contributed by atoms with Crippen molar-refractivity contribution >= 4 is 10.0 Å². The lowest BCUT2D eigenvalue weighted by Gasteiger charge is -2.27. The Morgan fingerprint density at radius 2 is 1.88 bits per heavy atom. The van der Waals surface area contributed by atoms with Crippen LogP contribution in [0.4, 0.5) is 0 Å². The number of ether oxygens (including phenoxy) is 1. The molecule has 1 unspecified atom stereocenters. The second-order valence-corrected chi connectivity index (χ2v) is 7.75. The van der Waals surface area contributed by atoms with E-state index in [1.54, 1.807) is 0 Å². The van der Waals surface area contributed by atoms with E-state index in [2.05, 4.69) is 23.9 Å². The van der Waals surface area contributed by atoms with E-state index in [0.29, 0.717) is 6.54 Å². The Bertz CT molecular complexity index is 363. The van der Waals surface area contributed by atoms with Gasteiger partial charge in [-0.3, -0.25) is 0 Å². The predicted molar refractivity (Wildman–Crippen MR) is 68.5 cm³/mol. The molecule has 0 aromatic heterocycles. The van der Waals surface area contributed by atoms with Crippen LogP contribution in [0.5, 0.6) is 0 Å². The quantitative estimate of drug-likeness (QED) is 0.757. The highest BCUT2D eigenvalue weighted by Gasteiger charge is 2.45. The SMILES string of the molecule is CNS(=O)(=O)CCNC1CC(C)(C)OC1(C)C. The third-order valence-electron chi connectivity index (χ3n) is 3.15. The first kappa shape index (κ1) is 14.9. The Balaban J connectivity index is 2.48. The smallest absolute Gasteiger partial charge is 0.212 e. The number of hydrogen-bond donors (Lipinski definition) is 2. The molecule has 1 fully saturated rings. The molecule has 0 aromatic rings. The Kier molecular flexibility index (Phi) is 4.24. The maximum absolute atomic E-state index is 11.3. The van der Waals surface area contributed by atoms with Crippen molar-refractivity contribution in [3.05, 3.63) is 0 Å². The summed E-state index contributed by atoms with van der Waals surface area (Å²) in [5, 5.41) is 3.27. The predicted octanol–water partition coefficient (Wildman–Crippen LogP) is 0.471. The van der Waals surface area contributed by atoms with E-state index in [-0.39, 0.29) is 23.0 Å². The zero-order valence-electron chi connectivity index (χ0n) is 11.3. The van der Waals surface area contributed by atoms with Crippen LogP contribution in [0.1, 0.15) is 34.1 Å². The highest BCUT2D eigenvalue weighted by molar-refractivity contribution is 7.89. The molecule has 1 rings (SSSR count). The van der Waals surface area contributed by atoms with Gasteiger partial charge in [-0.2, -0.15) is 0 Å². The van der Waals surface area contributed by atoms with Crippen LogP contribution >= 0.6 is 0 Å². The number of sulfonamides is 1. The number of rotatable bonds is 5. The van der Waals surface area contributed by atoms with Crippen LogP contribution in [0.15, 0.2) is 0 Å². The first-order valence-electron chi connectivity index (χ1n) is 5.93. The van der Waals surface area contributed by atoms with E-state index >= 15 is 0 Å². The monoisotopic (exact) mass is 264 g/mol. The molecule has 1 saturated heterocycles. The van der Waals surface area contributed by atoms with E-state index in [1.807, 2.05) is 13.8 Å². The highest BCUT2D eigenvalue weighted by atomic mass is 32.2. The van der Waals surface area contributed by atoms with Crippen LogP contribution in [-0.2, 0) is 14.8 Å². The average molecular weight is 264 g/mol. The van der Waals surface area contributed by atoms with Crippen molar-refractivity contribution in [1.82, 2.24) is 10.0 Å². The molecule has 1 aliphatic rings. The van der Waals surface area contributed by atoms with Gasteiger partial charge in [-0.05, 0) is 41.2 Å². The minimum Gasteiger partial charge on any atom is -0.368 e. The highest BCUT2D eigenvalue weighted by Crippen LogP contribution is 2.36. The fraction of sp³-hybridized carbons (Fsp3) is 1.00. The Morgan fingerprint density at radius 3 is 2.29 bits per heavy atom. The molecular weight excluding hydrogens is 240 g/mol. The van der Waals surface area contributed by atoms with E-state index in [1.165, 1.54) is 7.05 Å². The summed E-state index contributed by atoms with van der Waals surface area (Å²) in [6, 6.07) is 0.185. The fourth-order valence-corrected chi connectivity index (χ4v) is 2.94. The summed E-state index contributed by atoms with van der Waals surface area (Å²) in [5.41, 5.74) is -0.407. The molecule has 1 atom stereocenters. The zero-order chi connectivity index (χ0) is 13.3. The molecule has 17 heavy (non-hydrogen) atoms. The fourth-order valence-electron chi connectivity index (χ4n) is 2.35. The summed E-state index contributed by atoms with van der Waals surface area (Å²) < 4.78 is 30.8. The van der Waals surface area contributed by atoms with Gasteiger partial charge in [0.1, 0.15) is 0 Å². The minimum atomic E-state index is -3.13. The van der Waals surface area contributed by atoms with Crippen molar-refractivity contribution in [2.45, 2.75) is 51.4 Å². The van der Waals surface area contributed by atoms with E-state index in [0.717, 1.165) is 6.42 Å². The van der Waals surface area contributed by atoms with Gasteiger partial charge in [0.2, 0.25) is 10.0 Å². The second kappa shape index (κ2) is 4.84. The summed E-state index contributed by atoms with van der Waals surface area (Å²) in [7, 11) is -1.70. The Hall–Kier alpha value is -0.170. The lowest BCUT2D eigenvalue weighted by Crippen LogP contribution is -2.45. The number of nitrogens with one attached hydrogen (secondary N) is 2. The molecule has 6 heteroatoms. The average Bonchev–Trinajstić information content (AvgIpc) is 2.34. The van der Waals surface area contributed by atoms with Gasteiger partial charge in [-0.1, -0.05) is 0 Å². The molecule has 0 amide bonds. The molecule has 0 bridgehead atoms. The lowest BCUT2D eigenvalue weighted by molar-refractivity contribution is -0.0696. The van der Waals surface area contributed by atoms with Crippen LogP contribution < -0.4 is 10.0 Å². The molecule has 1 aliphatic heterocycles. The minimum absolute atomic E-state index is 0.0938. The van der Waals surface area contributed by atoms with Crippen LogP contribution in [0.3, 0.4) is 0 Å². The summed E-state index contributed by atoms with van der Waals surface area (Å²) in [4.78, 5) is 0. The van der Waals surface area contributed by atoms with Crippen molar-refractivity contribution in [1.29, 1.82) is 0 Å². The maximum atomic E-state index is 11.3. The first-order valence-corrected chi connectivity index (χ1v) is 7.58. The summed E-state index contributed by atoms with van der Waals surface area (Å²) in [5.74, 6) is 0.0938. The van der Waals surface area contributed by atoms with Crippen molar-refractivity contribution in [3.8, 4) is 0 Å². The molecule has 102 valence electrons. The third-order valence-corrected chi connectivity index (χ3v) is 4.51. The van der Waals surface area contributed by atoms with Crippen LogP contribution in [-0.4, -0.2) is 45.0 Å². The van der Waals surface area contributed by atoms with Crippen molar-refractivity contribution in [2.75, 3.05) is 19.3 Å². The zero-order valence-corrected chi connectivity index (χ0v) is 12.1. The third kappa shape index (κ3) is 4.21. The van der Waals surface area contributed by atoms with Crippen LogP contribution in [0.2, 0.25) is 0 Å². The number of hydrogen-bond acceptors (Lipinski definition) is 4. The normalized spacial score (nSPS) is 27.2. The molecule has 0 aliphatic carbocycles. The van der Waals surface area contributed by atoms with Gasteiger partial charge >= 0.3 is 0 Å². The molecule has 1 heterocycles. The Labute approximate surface area is 104 Å². The van der Waals surface area contributed by atoms with Gasteiger partial charge in [0.25, 0.3) is 0 Å². The van der Waals surface area contributed by atoms with Gasteiger partial charge in [0.15, 0.2) is 0 Å². The molecule has 0 radical (unpaired) electrons. The molecule has 2 N–H and O–H groups in total. The molecule has 0 saturated carbocycles. The standard InChI is InChI=1S/C11H24N2O3S/c1-10(2)8-9(11(3,4)16-10)13-6-7-17(14,15)12-5/h9,12-13H,6-8H2,1-5H3. The van der Waals surface area contributed by atoms with Crippen molar-refractivity contribution in [3.63, 3.8) is 0 Å². The molecule has 0 aromatic carbocycles. The summed E-state index contributed by atoms with van der Waals surface area (Å²) in [6.07, 6.45) is 0.888. The van der Waals surface area contributed by atoms with Crippen LogP contribution in [0, 0.1) is 0 Å². The second-order valence-electron chi connectivity index (χ2n) is 5.70. The van der Waals surface area contributed by atoms with Gasteiger partial charge < -0.3 is 10.1 Å². The molecule has 5 nitrogen and oxygen atoms in total. The van der Waals surface area contributed by atoms with E-state index in [9.17, 15) is 8.42 Å². The summed E-state index contributed by atoms with van der Waals surface area (Å²) in [6.45, 7) is 8.62. The van der Waals surface area contributed by atoms with E-state index in [4.69, 9.17) is 4.74 Å². The maximum Gasteiger partial charge on any atom is 0.212 e. The largest absolute Gasteiger partial charge is 0.368 e. The molecule has 0 spiro atoms. The van der Waals surface area contributed by atoms with Gasteiger partial charge in [-0.15, -0.1) is 0 Å². The Morgan fingerprint density at radius 1 is 1.29 bits per heavy atom. The van der Waals surface area contributed by atoms with Gasteiger partial charge in [-0.25, -0.2) is 13.1 Å². The van der Waals surface area contributed by atoms with Gasteiger partial charge in [0, 0.05) is 12.6 Å². The van der Waals surface area contributed by atoms with Crippen molar-refractivity contribution in [2.24, 2.45) is 0 Å².